The van der Waals surface area contributed by atoms with Crippen LogP contribution in [0.1, 0.15) is 51.3 Å². The van der Waals surface area contributed by atoms with Crippen molar-refractivity contribution in [3.8, 4) is 0 Å². The number of guanidine groups is 1. The molecule has 1 heterocycles. The lowest BCUT2D eigenvalue weighted by Crippen LogP contribution is -2.41. The van der Waals surface area contributed by atoms with E-state index in [9.17, 15) is 8.42 Å². The van der Waals surface area contributed by atoms with Gasteiger partial charge in [0.05, 0.1) is 6.54 Å². The van der Waals surface area contributed by atoms with E-state index in [1.165, 1.54) is 41.3 Å². The van der Waals surface area contributed by atoms with Crippen molar-refractivity contribution in [2.45, 2.75) is 57.2 Å². The molecule has 2 N–H and O–H groups in total. The van der Waals surface area contributed by atoms with E-state index in [1.54, 1.807) is 27.2 Å². The topological polar surface area (TPSA) is 73.8 Å². The normalized spacial score (nSPS) is 12.8. The third-order valence-electron chi connectivity index (χ3n) is 4.22. The number of hydrogen-bond donors (Lipinski definition) is 2. The summed E-state index contributed by atoms with van der Waals surface area (Å²) in [6, 6.07) is 3.50. The molecule has 0 amide bonds. The van der Waals surface area contributed by atoms with E-state index in [0.717, 1.165) is 17.4 Å². The molecule has 0 saturated carbocycles. The van der Waals surface area contributed by atoms with Crippen molar-refractivity contribution in [2.24, 2.45) is 10.4 Å². The molecule has 27 heavy (non-hydrogen) atoms. The zero-order valence-electron chi connectivity index (χ0n) is 17.3. The predicted molar refractivity (Wildman–Crippen MR) is 127 cm³/mol. The van der Waals surface area contributed by atoms with Gasteiger partial charge in [0, 0.05) is 32.6 Å². The number of thiophene rings is 1. The second kappa shape index (κ2) is 12.2. The SMILES string of the molecule is CCCCCC(C)(C)CNC(=NC)NCc1ccc(S(=O)(=O)N(C)C)s1.I. The molecule has 0 fully saturated rings. The van der Waals surface area contributed by atoms with E-state index in [4.69, 9.17) is 0 Å². The van der Waals surface area contributed by atoms with Crippen LogP contribution in [0.2, 0.25) is 0 Å². The molecule has 6 nitrogen and oxygen atoms in total. The standard InChI is InChI=1S/C18H34N4O2S2.HI/c1-7-8-9-12-18(2,3)14-21-17(19-4)20-13-15-10-11-16(25-15)26(23,24)22(5)6;/h10-11H,7-9,12-14H2,1-6H3,(H2,19,20,21);1H. The average molecular weight is 531 g/mol. The summed E-state index contributed by atoms with van der Waals surface area (Å²) in [5.74, 6) is 0.735. The van der Waals surface area contributed by atoms with Gasteiger partial charge < -0.3 is 10.6 Å². The summed E-state index contributed by atoms with van der Waals surface area (Å²) >= 11 is 1.28. The van der Waals surface area contributed by atoms with Crippen LogP contribution >= 0.6 is 35.3 Å². The summed E-state index contributed by atoms with van der Waals surface area (Å²) in [7, 11) is 1.47. The monoisotopic (exact) mass is 530 g/mol. The number of unbranched alkanes of at least 4 members (excludes halogenated alkanes) is 2. The highest BCUT2D eigenvalue weighted by Crippen LogP contribution is 2.24. The first-order chi connectivity index (χ1) is 12.1. The lowest BCUT2D eigenvalue weighted by atomic mass is 9.87. The van der Waals surface area contributed by atoms with Gasteiger partial charge in [-0.2, -0.15) is 0 Å². The van der Waals surface area contributed by atoms with Crippen molar-refractivity contribution in [3.63, 3.8) is 0 Å². The molecular weight excluding hydrogens is 495 g/mol. The number of halogens is 1. The molecular formula is C18H35IN4O2S2. The Morgan fingerprint density at radius 1 is 1.22 bits per heavy atom. The van der Waals surface area contributed by atoms with Crippen molar-refractivity contribution >= 4 is 51.3 Å². The molecule has 0 aliphatic rings. The molecule has 0 bridgehead atoms. The lowest BCUT2D eigenvalue weighted by Gasteiger charge is -2.26. The maximum Gasteiger partial charge on any atom is 0.252 e. The second-order valence-electron chi connectivity index (χ2n) is 7.41. The summed E-state index contributed by atoms with van der Waals surface area (Å²) in [6.45, 7) is 8.14. The average Bonchev–Trinajstić information content (AvgIpc) is 3.04. The molecule has 0 aliphatic carbocycles. The van der Waals surface area contributed by atoms with Gasteiger partial charge in [0.1, 0.15) is 4.21 Å². The van der Waals surface area contributed by atoms with Gasteiger partial charge in [-0.25, -0.2) is 12.7 Å². The van der Waals surface area contributed by atoms with Gasteiger partial charge >= 0.3 is 0 Å². The Morgan fingerprint density at radius 2 is 1.89 bits per heavy atom. The molecule has 0 aromatic carbocycles. The van der Waals surface area contributed by atoms with Crippen molar-refractivity contribution in [3.05, 3.63) is 17.0 Å². The van der Waals surface area contributed by atoms with Gasteiger partial charge in [0.15, 0.2) is 5.96 Å². The van der Waals surface area contributed by atoms with Crippen LogP contribution in [0, 0.1) is 5.41 Å². The van der Waals surface area contributed by atoms with Gasteiger partial charge in [-0.05, 0) is 24.0 Å². The van der Waals surface area contributed by atoms with Crippen LogP contribution in [-0.4, -0.2) is 46.4 Å². The molecule has 0 saturated heterocycles. The van der Waals surface area contributed by atoms with Crippen LogP contribution in [0.3, 0.4) is 0 Å². The largest absolute Gasteiger partial charge is 0.356 e. The van der Waals surface area contributed by atoms with Crippen LogP contribution in [0.25, 0.3) is 0 Å². The van der Waals surface area contributed by atoms with Crippen LogP contribution in [0.5, 0.6) is 0 Å². The minimum Gasteiger partial charge on any atom is -0.356 e. The summed E-state index contributed by atoms with van der Waals surface area (Å²) < 4.78 is 25.9. The van der Waals surface area contributed by atoms with Crippen molar-refractivity contribution in [1.29, 1.82) is 0 Å². The Balaban J connectivity index is 0.00000676. The molecule has 1 aromatic rings. The van der Waals surface area contributed by atoms with E-state index in [2.05, 4.69) is 36.4 Å². The first-order valence-electron chi connectivity index (χ1n) is 9.08. The van der Waals surface area contributed by atoms with E-state index in [1.807, 2.05) is 6.07 Å². The number of nitrogens with one attached hydrogen (secondary N) is 2. The number of rotatable bonds is 10. The fourth-order valence-electron chi connectivity index (χ4n) is 2.43. The quantitative estimate of drug-likeness (QED) is 0.208. The van der Waals surface area contributed by atoms with E-state index in [0.29, 0.717) is 10.8 Å². The minimum atomic E-state index is -3.36. The molecule has 0 unspecified atom stereocenters. The van der Waals surface area contributed by atoms with E-state index in [-0.39, 0.29) is 29.4 Å². The first kappa shape index (κ1) is 26.6. The first-order valence-corrected chi connectivity index (χ1v) is 11.3. The van der Waals surface area contributed by atoms with Crippen molar-refractivity contribution in [1.82, 2.24) is 14.9 Å². The maximum absolute atomic E-state index is 12.1. The van der Waals surface area contributed by atoms with Crippen LogP contribution in [0.4, 0.5) is 0 Å². The fourth-order valence-corrected chi connectivity index (χ4v) is 4.89. The number of hydrogen-bond acceptors (Lipinski definition) is 4. The van der Waals surface area contributed by atoms with E-state index >= 15 is 0 Å². The Morgan fingerprint density at radius 3 is 2.44 bits per heavy atom. The molecule has 0 radical (unpaired) electrons. The third kappa shape index (κ3) is 9.10. The zero-order chi connectivity index (χ0) is 19.8. The Labute approximate surface area is 186 Å². The molecule has 0 aliphatic heterocycles. The number of sulfonamides is 1. The van der Waals surface area contributed by atoms with Crippen LogP contribution < -0.4 is 10.6 Å². The molecule has 9 heteroatoms. The van der Waals surface area contributed by atoms with Gasteiger partial charge in [-0.15, -0.1) is 35.3 Å². The third-order valence-corrected chi connectivity index (χ3v) is 7.58. The van der Waals surface area contributed by atoms with Crippen molar-refractivity contribution in [2.75, 3.05) is 27.7 Å². The molecule has 1 rings (SSSR count). The predicted octanol–water partition coefficient (Wildman–Crippen LogP) is 3.89. The van der Waals surface area contributed by atoms with Gasteiger partial charge in [-0.1, -0.05) is 40.0 Å². The molecule has 1 aromatic heterocycles. The summed E-state index contributed by atoms with van der Waals surface area (Å²) in [6.07, 6.45) is 4.93. The minimum absolute atomic E-state index is 0. The summed E-state index contributed by atoms with van der Waals surface area (Å²) in [5, 5.41) is 6.64. The molecule has 0 atom stereocenters. The zero-order valence-corrected chi connectivity index (χ0v) is 21.3. The molecule has 0 spiro atoms. The lowest BCUT2D eigenvalue weighted by molar-refractivity contribution is 0.318. The molecule has 158 valence electrons. The highest BCUT2D eigenvalue weighted by molar-refractivity contribution is 14.0. The maximum atomic E-state index is 12.1. The second-order valence-corrected chi connectivity index (χ2v) is 11.0. The van der Waals surface area contributed by atoms with E-state index < -0.39 is 10.0 Å². The van der Waals surface area contributed by atoms with Crippen LogP contribution in [-0.2, 0) is 16.6 Å². The number of aliphatic imine (C=N–C) groups is 1. The summed E-state index contributed by atoms with van der Waals surface area (Å²) in [5.41, 5.74) is 0.211. The van der Waals surface area contributed by atoms with Gasteiger partial charge in [0.2, 0.25) is 0 Å². The highest BCUT2D eigenvalue weighted by Gasteiger charge is 2.20. The Kier molecular flexibility index (Phi) is 12.1. The van der Waals surface area contributed by atoms with Crippen LogP contribution in [0.15, 0.2) is 21.3 Å². The van der Waals surface area contributed by atoms with Gasteiger partial charge in [0.25, 0.3) is 10.0 Å². The highest BCUT2D eigenvalue weighted by atomic mass is 127. The Bertz CT molecular complexity index is 685. The smallest absolute Gasteiger partial charge is 0.252 e. The Hall–Kier alpha value is -0.390. The summed E-state index contributed by atoms with van der Waals surface area (Å²) in [4.78, 5) is 5.21. The fraction of sp³-hybridized carbons (Fsp3) is 0.722. The van der Waals surface area contributed by atoms with Crippen molar-refractivity contribution < 1.29 is 8.42 Å². The number of nitrogens with zero attached hydrogens (tertiary/aromatic N) is 2. The van der Waals surface area contributed by atoms with Gasteiger partial charge in [-0.3, -0.25) is 4.99 Å².